The summed E-state index contributed by atoms with van der Waals surface area (Å²) in [5, 5.41) is 4.36. The second kappa shape index (κ2) is 7.47. The van der Waals surface area contributed by atoms with Gasteiger partial charge in [0.1, 0.15) is 0 Å². The second-order valence-corrected chi connectivity index (χ2v) is 5.98. The largest absolute Gasteiger partial charge is 0.272 e. The zero-order valence-electron chi connectivity index (χ0n) is 12.0. The van der Waals surface area contributed by atoms with Gasteiger partial charge in [-0.1, -0.05) is 26.0 Å². The maximum Gasteiger partial charge on any atom is 0.0740 e. The quantitative estimate of drug-likeness (QED) is 0.467. The minimum atomic E-state index is -0.0127. The highest BCUT2D eigenvalue weighted by atomic mass is 32.2. The zero-order chi connectivity index (χ0) is 14.4. The molecule has 0 aliphatic heterocycles. The van der Waals surface area contributed by atoms with E-state index in [1.807, 2.05) is 22.6 Å². The highest BCUT2D eigenvalue weighted by Crippen LogP contribution is 2.24. The van der Waals surface area contributed by atoms with E-state index in [1.165, 1.54) is 4.90 Å². The lowest BCUT2D eigenvalue weighted by Crippen LogP contribution is -2.28. The second-order valence-electron chi connectivity index (χ2n) is 4.64. The normalized spacial score (nSPS) is 12.6. The molecule has 3 N–H and O–H groups in total. The van der Waals surface area contributed by atoms with Crippen LogP contribution >= 0.6 is 11.8 Å². The molecule has 0 fully saturated rings. The number of aromatic nitrogens is 2. The predicted molar refractivity (Wildman–Crippen MR) is 84.5 cm³/mol. The smallest absolute Gasteiger partial charge is 0.0740 e. The molecule has 1 heterocycles. The first-order valence-electron chi connectivity index (χ1n) is 6.99. The number of hydrogen-bond donors (Lipinski definition) is 2. The standard InChI is InChI=1S/C15H22N4S/c1-3-9-19-11-13(10-17-19)15(18-16)12-5-7-14(8-6-12)20-4-2/h5-8,10-11,15,18H,3-4,9,16H2,1-2H3. The molecule has 1 atom stereocenters. The SMILES string of the molecule is CCCn1cc(C(NN)c2ccc(SCC)cc2)cn1. The van der Waals surface area contributed by atoms with Gasteiger partial charge in [-0.05, 0) is 29.9 Å². The van der Waals surface area contributed by atoms with Gasteiger partial charge in [-0.3, -0.25) is 10.5 Å². The topological polar surface area (TPSA) is 55.9 Å². The van der Waals surface area contributed by atoms with Crippen molar-refractivity contribution in [2.45, 2.75) is 37.8 Å². The minimum absolute atomic E-state index is 0.0127. The van der Waals surface area contributed by atoms with Crippen molar-refractivity contribution in [1.82, 2.24) is 15.2 Å². The minimum Gasteiger partial charge on any atom is -0.272 e. The zero-order valence-corrected chi connectivity index (χ0v) is 12.9. The first-order valence-corrected chi connectivity index (χ1v) is 7.98. The van der Waals surface area contributed by atoms with E-state index in [2.05, 4.69) is 54.8 Å². The third-order valence-corrected chi connectivity index (χ3v) is 4.02. The van der Waals surface area contributed by atoms with E-state index in [4.69, 9.17) is 5.84 Å². The Hall–Kier alpha value is -1.30. The van der Waals surface area contributed by atoms with Crippen molar-refractivity contribution in [2.24, 2.45) is 5.84 Å². The van der Waals surface area contributed by atoms with Crippen molar-refractivity contribution in [3.63, 3.8) is 0 Å². The molecule has 2 aromatic rings. The molecular weight excluding hydrogens is 268 g/mol. The Labute approximate surface area is 124 Å². The Morgan fingerprint density at radius 3 is 2.60 bits per heavy atom. The summed E-state index contributed by atoms with van der Waals surface area (Å²) in [4.78, 5) is 1.29. The summed E-state index contributed by atoms with van der Waals surface area (Å²) < 4.78 is 1.96. The lowest BCUT2D eigenvalue weighted by molar-refractivity contribution is 0.598. The monoisotopic (exact) mass is 290 g/mol. The van der Waals surface area contributed by atoms with Gasteiger partial charge in [0.25, 0.3) is 0 Å². The van der Waals surface area contributed by atoms with Crippen LogP contribution in [0.25, 0.3) is 0 Å². The van der Waals surface area contributed by atoms with E-state index in [9.17, 15) is 0 Å². The number of nitrogens with zero attached hydrogens (tertiary/aromatic N) is 2. The summed E-state index contributed by atoms with van der Waals surface area (Å²) in [6.45, 7) is 5.23. The Kier molecular flexibility index (Phi) is 5.64. The van der Waals surface area contributed by atoms with Crippen LogP contribution in [0.3, 0.4) is 0 Å². The van der Waals surface area contributed by atoms with E-state index in [0.29, 0.717) is 0 Å². The number of nitrogens with two attached hydrogens (primary N) is 1. The molecular formula is C15H22N4S. The molecule has 108 valence electrons. The van der Waals surface area contributed by atoms with Gasteiger partial charge in [0, 0.05) is 23.2 Å². The molecule has 0 saturated carbocycles. The predicted octanol–water partition coefficient (Wildman–Crippen LogP) is 2.96. The van der Waals surface area contributed by atoms with Crippen LogP contribution in [-0.2, 0) is 6.54 Å². The van der Waals surface area contributed by atoms with Crippen molar-refractivity contribution >= 4 is 11.8 Å². The van der Waals surface area contributed by atoms with Gasteiger partial charge < -0.3 is 0 Å². The average Bonchev–Trinajstić information content (AvgIpc) is 2.91. The van der Waals surface area contributed by atoms with Crippen LogP contribution in [-0.4, -0.2) is 15.5 Å². The van der Waals surface area contributed by atoms with Crippen LogP contribution in [0.1, 0.15) is 37.4 Å². The number of hydrazine groups is 1. The van der Waals surface area contributed by atoms with E-state index < -0.39 is 0 Å². The molecule has 0 amide bonds. The molecule has 0 spiro atoms. The first-order chi connectivity index (χ1) is 9.78. The van der Waals surface area contributed by atoms with E-state index in [1.54, 1.807) is 0 Å². The fraction of sp³-hybridized carbons (Fsp3) is 0.400. The summed E-state index contributed by atoms with van der Waals surface area (Å²) >= 11 is 1.84. The summed E-state index contributed by atoms with van der Waals surface area (Å²) in [5.41, 5.74) is 5.13. The number of thioether (sulfide) groups is 1. The summed E-state index contributed by atoms with van der Waals surface area (Å²) in [6.07, 6.45) is 5.02. The number of nitrogens with one attached hydrogen (secondary N) is 1. The summed E-state index contributed by atoms with van der Waals surface area (Å²) in [5.74, 6) is 6.81. The van der Waals surface area contributed by atoms with E-state index >= 15 is 0 Å². The van der Waals surface area contributed by atoms with Crippen molar-refractivity contribution in [3.8, 4) is 0 Å². The van der Waals surface area contributed by atoms with Crippen LogP contribution in [0.2, 0.25) is 0 Å². The van der Waals surface area contributed by atoms with Gasteiger partial charge in [0.15, 0.2) is 0 Å². The van der Waals surface area contributed by atoms with Gasteiger partial charge in [-0.15, -0.1) is 11.8 Å². The third kappa shape index (κ3) is 3.62. The van der Waals surface area contributed by atoms with Crippen molar-refractivity contribution in [2.75, 3.05) is 5.75 Å². The molecule has 0 aliphatic rings. The summed E-state index contributed by atoms with van der Waals surface area (Å²) in [7, 11) is 0. The summed E-state index contributed by atoms with van der Waals surface area (Å²) in [6, 6.07) is 8.52. The molecule has 0 saturated heterocycles. The van der Waals surface area contributed by atoms with Gasteiger partial charge in [0.2, 0.25) is 0 Å². The lowest BCUT2D eigenvalue weighted by atomic mass is 10.0. The maximum absolute atomic E-state index is 5.72. The molecule has 2 rings (SSSR count). The molecule has 20 heavy (non-hydrogen) atoms. The van der Waals surface area contributed by atoms with Crippen molar-refractivity contribution in [1.29, 1.82) is 0 Å². The molecule has 0 bridgehead atoms. The van der Waals surface area contributed by atoms with Gasteiger partial charge in [-0.25, -0.2) is 5.43 Å². The van der Waals surface area contributed by atoms with Crippen LogP contribution in [0.15, 0.2) is 41.6 Å². The maximum atomic E-state index is 5.72. The van der Waals surface area contributed by atoms with Gasteiger partial charge in [0.05, 0.1) is 12.2 Å². The number of benzene rings is 1. The molecule has 0 radical (unpaired) electrons. The lowest BCUT2D eigenvalue weighted by Gasteiger charge is -2.15. The van der Waals surface area contributed by atoms with Gasteiger partial charge >= 0.3 is 0 Å². The van der Waals surface area contributed by atoms with Crippen LogP contribution in [0, 0.1) is 0 Å². The number of aryl methyl sites for hydroxylation is 1. The number of rotatable bonds is 7. The Morgan fingerprint density at radius 1 is 1.25 bits per heavy atom. The Balaban J connectivity index is 2.17. The Morgan fingerprint density at radius 2 is 2.00 bits per heavy atom. The molecule has 0 aliphatic carbocycles. The molecule has 4 nitrogen and oxygen atoms in total. The first kappa shape index (κ1) is 15.1. The van der Waals surface area contributed by atoms with Crippen LogP contribution < -0.4 is 11.3 Å². The van der Waals surface area contributed by atoms with Crippen molar-refractivity contribution < 1.29 is 0 Å². The van der Waals surface area contributed by atoms with Crippen molar-refractivity contribution in [3.05, 3.63) is 47.8 Å². The van der Waals surface area contributed by atoms with E-state index in [-0.39, 0.29) is 6.04 Å². The third-order valence-electron chi connectivity index (χ3n) is 3.13. The molecule has 5 heteroatoms. The Bertz CT molecular complexity index is 521. The van der Waals surface area contributed by atoms with Crippen LogP contribution in [0.4, 0.5) is 0 Å². The average molecular weight is 290 g/mol. The molecule has 1 aromatic carbocycles. The van der Waals surface area contributed by atoms with E-state index in [0.717, 1.165) is 29.8 Å². The highest BCUT2D eigenvalue weighted by molar-refractivity contribution is 7.99. The molecule has 1 aromatic heterocycles. The fourth-order valence-electron chi connectivity index (χ4n) is 2.19. The number of hydrogen-bond acceptors (Lipinski definition) is 4. The molecule has 1 unspecified atom stereocenters. The van der Waals surface area contributed by atoms with Crippen LogP contribution in [0.5, 0.6) is 0 Å². The highest BCUT2D eigenvalue weighted by Gasteiger charge is 2.14. The fourth-order valence-corrected chi connectivity index (χ4v) is 2.85. The van der Waals surface area contributed by atoms with Gasteiger partial charge in [-0.2, -0.15) is 5.10 Å².